The van der Waals surface area contributed by atoms with E-state index in [1.807, 2.05) is 36.4 Å². The first-order valence-electron chi connectivity index (χ1n) is 10.6. The molecule has 3 aromatic rings. The molecular formula is C27H29F3OSi. The van der Waals surface area contributed by atoms with E-state index >= 15 is 0 Å². The van der Waals surface area contributed by atoms with E-state index in [1.165, 1.54) is 12.1 Å². The maximum atomic E-state index is 13.7. The van der Waals surface area contributed by atoms with E-state index < -0.39 is 20.1 Å². The van der Waals surface area contributed by atoms with Crippen LogP contribution in [0.15, 0.2) is 85.4 Å². The molecule has 0 aromatic heterocycles. The zero-order valence-electron chi connectivity index (χ0n) is 19.0. The fourth-order valence-corrected chi connectivity index (χ4v) is 8.78. The van der Waals surface area contributed by atoms with Crippen LogP contribution >= 0.6 is 0 Å². The Hall–Kier alpha value is -2.63. The van der Waals surface area contributed by atoms with E-state index in [-0.39, 0.29) is 17.2 Å². The minimum absolute atomic E-state index is 0.0901. The predicted octanol–water partition coefficient (Wildman–Crippen LogP) is 6.82. The van der Waals surface area contributed by atoms with Crippen molar-refractivity contribution in [1.82, 2.24) is 0 Å². The fourth-order valence-electron chi connectivity index (χ4n) is 4.24. The van der Waals surface area contributed by atoms with Crippen molar-refractivity contribution >= 4 is 24.3 Å². The molecule has 0 amide bonds. The highest BCUT2D eigenvalue weighted by molar-refractivity contribution is 6.99. The standard InChI is InChI=1S/C27H29F3OSi/c1-20(2)24-17-16-21(18-25(24)27(28,29)30)19-31-32(26(3,4)5,22-12-8-6-9-13-22)23-14-10-7-11-15-23/h6-18H,1,19H2,2-5H3. The van der Waals surface area contributed by atoms with Crippen LogP contribution in [0, 0.1) is 0 Å². The molecule has 32 heavy (non-hydrogen) atoms. The summed E-state index contributed by atoms with van der Waals surface area (Å²) in [7, 11) is -2.83. The molecule has 0 bridgehead atoms. The first kappa shape index (κ1) is 24.0. The third-order valence-corrected chi connectivity index (χ3v) is 10.7. The Balaban J connectivity index is 2.11. The zero-order chi connectivity index (χ0) is 23.6. The summed E-state index contributed by atoms with van der Waals surface area (Å²) in [4.78, 5) is 0. The SMILES string of the molecule is C=C(C)c1ccc(CO[Si](c2ccccc2)(c2ccccc2)C(C)(C)C)cc1C(F)(F)F. The van der Waals surface area contributed by atoms with E-state index in [0.717, 1.165) is 10.4 Å². The Morgan fingerprint density at radius 3 is 1.75 bits per heavy atom. The Morgan fingerprint density at radius 2 is 1.34 bits per heavy atom. The van der Waals surface area contributed by atoms with Crippen LogP contribution in [0.2, 0.25) is 5.04 Å². The molecule has 0 N–H and O–H groups in total. The lowest BCUT2D eigenvalue weighted by molar-refractivity contribution is -0.137. The second kappa shape index (κ2) is 9.08. The predicted molar refractivity (Wildman–Crippen MR) is 129 cm³/mol. The van der Waals surface area contributed by atoms with Gasteiger partial charge in [0.1, 0.15) is 0 Å². The lowest BCUT2D eigenvalue weighted by atomic mass is 9.99. The number of rotatable bonds is 6. The summed E-state index contributed by atoms with van der Waals surface area (Å²) in [6, 6.07) is 24.5. The molecule has 0 spiro atoms. The van der Waals surface area contributed by atoms with Gasteiger partial charge >= 0.3 is 6.18 Å². The smallest absolute Gasteiger partial charge is 0.403 e. The molecule has 0 aliphatic heterocycles. The van der Waals surface area contributed by atoms with Crippen molar-refractivity contribution in [2.75, 3.05) is 0 Å². The fraction of sp³-hybridized carbons (Fsp3) is 0.259. The Morgan fingerprint density at radius 1 is 0.844 bits per heavy atom. The summed E-state index contributed by atoms with van der Waals surface area (Å²) in [5, 5.41) is 1.93. The number of alkyl halides is 3. The number of benzene rings is 3. The van der Waals surface area contributed by atoms with Crippen molar-refractivity contribution in [3.05, 3.63) is 102 Å². The number of hydrogen-bond acceptors (Lipinski definition) is 1. The van der Waals surface area contributed by atoms with Gasteiger partial charge < -0.3 is 4.43 Å². The van der Waals surface area contributed by atoms with Crippen LogP contribution < -0.4 is 10.4 Å². The Labute approximate surface area is 189 Å². The minimum Gasteiger partial charge on any atom is -0.403 e. The van der Waals surface area contributed by atoms with Gasteiger partial charge in [-0.15, -0.1) is 0 Å². The van der Waals surface area contributed by atoms with Gasteiger partial charge in [-0.1, -0.05) is 106 Å². The molecule has 1 nitrogen and oxygen atoms in total. The molecular weight excluding hydrogens is 425 g/mol. The van der Waals surface area contributed by atoms with E-state index in [2.05, 4.69) is 51.6 Å². The number of hydrogen-bond donors (Lipinski definition) is 0. The average molecular weight is 455 g/mol. The Bertz CT molecular complexity index is 1030. The van der Waals surface area contributed by atoms with Crippen molar-refractivity contribution in [3.63, 3.8) is 0 Å². The zero-order valence-corrected chi connectivity index (χ0v) is 20.0. The maximum absolute atomic E-state index is 13.7. The van der Waals surface area contributed by atoms with E-state index in [0.29, 0.717) is 11.1 Å². The van der Waals surface area contributed by atoms with E-state index in [4.69, 9.17) is 4.43 Å². The monoisotopic (exact) mass is 454 g/mol. The van der Waals surface area contributed by atoms with Gasteiger partial charge in [0.25, 0.3) is 8.32 Å². The van der Waals surface area contributed by atoms with Gasteiger partial charge in [-0.2, -0.15) is 13.2 Å². The van der Waals surface area contributed by atoms with E-state index in [1.54, 1.807) is 13.0 Å². The first-order valence-corrected chi connectivity index (χ1v) is 12.5. The second-order valence-corrected chi connectivity index (χ2v) is 13.4. The summed E-state index contributed by atoms with van der Waals surface area (Å²) >= 11 is 0. The van der Waals surface area contributed by atoms with Crippen LogP contribution in [-0.2, 0) is 17.2 Å². The second-order valence-electron chi connectivity index (χ2n) is 9.11. The van der Waals surface area contributed by atoms with Gasteiger partial charge in [-0.05, 0) is 39.5 Å². The molecule has 0 aliphatic carbocycles. The maximum Gasteiger partial charge on any atom is 0.417 e. The molecule has 0 saturated heterocycles. The molecule has 0 unspecified atom stereocenters. The normalized spacial score (nSPS) is 12.6. The first-order chi connectivity index (χ1) is 15.0. The number of allylic oxidation sites excluding steroid dienone is 1. The van der Waals surface area contributed by atoms with Crippen LogP contribution in [0.3, 0.4) is 0 Å². The molecule has 168 valence electrons. The van der Waals surface area contributed by atoms with Crippen molar-refractivity contribution in [3.8, 4) is 0 Å². The largest absolute Gasteiger partial charge is 0.417 e. The van der Waals surface area contributed by atoms with Crippen LogP contribution in [0.1, 0.15) is 44.4 Å². The summed E-state index contributed by atoms with van der Waals surface area (Å²) in [6.07, 6.45) is -4.46. The topological polar surface area (TPSA) is 9.23 Å². The van der Waals surface area contributed by atoms with Crippen LogP contribution in [0.4, 0.5) is 13.2 Å². The highest BCUT2D eigenvalue weighted by Gasteiger charge is 2.50. The molecule has 0 radical (unpaired) electrons. The van der Waals surface area contributed by atoms with Crippen LogP contribution in [0.25, 0.3) is 5.57 Å². The van der Waals surface area contributed by atoms with Gasteiger partial charge in [0.2, 0.25) is 0 Å². The summed E-state index contributed by atoms with van der Waals surface area (Å²) in [5.41, 5.74) is 0.326. The van der Waals surface area contributed by atoms with Crippen LogP contribution in [0.5, 0.6) is 0 Å². The summed E-state index contributed by atoms with van der Waals surface area (Å²) < 4.78 is 47.9. The lowest BCUT2D eigenvalue weighted by Gasteiger charge is -2.43. The van der Waals surface area contributed by atoms with Crippen molar-refractivity contribution < 1.29 is 17.6 Å². The molecule has 3 aromatic carbocycles. The highest BCUT2D eigenvalue weighted by Crippen LogP contribution is 2.38. The molecule has 0 heterocycles. The molecule has 0 fully saturated rings. The van der Waals surface area contributed by atoms with Gasteiger partial charge in [0, 0.05) is 0 Å². The molecule has 0 saturated carbocycles. The van der Waals surface area contributed by atoms with Gasteiger partial charge in [0.05, 0.1) is 12.2 Å². The Kier molecular flexibility index (Phi) is 6.82. The molecule has 5 heteroatoms. The highest BCUT2D eigenvalue weighted by atomic mass is 28.4. The summed E-state index contributed by atoms with van der Waals surface area (Å²) in [6.45, 7) is 11.8. The van der Waals surface area contributed by atoms with Gasteiger partial charge in [-0.25, -0.2) is 0 Å². The van der Waals surface area contributed by atoms with Crippen molar-refractivity contribution in [2.45, 2.75) is 45.5 Å². The van der Waals surface area contributed by atoms with Crippen molar-refractivity contribution in [2.24, 2.45) is 0 Å². The third-order valence-electron chi connectivity index (χ3n) is 5.72. The molecule has 3 rings (SSSR count). The van der Waals surface area contributed by atoms with Crippen LogP contribution in [-0.4, -0.2) is 8.32 Å². The lowest BCUT2D eigenvalue weighted by Crippen LogP contribution is -2.66. The third kappa shape index (κ3) is 4.74. The van der Waals surface area contributed by atoms with Gasteiger partial charge in [0.15, 0.2) is 0 Å². The molecule has 0 atom stereocenters. The van der Waals surface area contributed by atoms with Gasteiger partial charge in [-0.3, -0.25) is 0 Å². The van der Waals surface area contributed by atoms with E-state index in [9.17, 15) is 13.2 Å². The quantitative estimate of drug-likeness (QED) is 0.372. The van der Waals surface area contributed by atoms with Crippen molar-refractivity contribution in [1.29, 1.82) is 0 Å². The number of halogens is 3. The summed E-state index contributed by atoms with van der Waals surface area (Å²) in [5.74, 6) is 0. The average Bonchev–Trinajstić information content (AvgIpc) is 2.74. The minimum atomic E-state index is -4.46. The molecule has 0 aliphatic rings.